The normalized spacial score (nSPS) is 25.4. The van der Waals surface area contributed by atoms with Crippen LogP contribution in [0.5, 0.6) is 0 Å². The molecule has 2 nitrogen and oxygen atoms in total. The molecule has 82 valence electrons. The van der Waals surface area contributed by atoms with E-state index in [0.717, 1.165) is 12.5 Å². The molecule has 14 heavy (non-hydrogen) atoms. The standard InChI is InChI=1S/C12H24N2/c1-2-12-6-5-10-14(11-7-12)9-4-3-8-13/h3-4,12H,2,5-11,13H2,1H3. The van der Waals surface area contributed by atoms with Crippen LogP contribution in [0.2, 0.25) is 0 Å². The van der Waals surface area contributed by atoms with Gasteiger partial charge in [0.25, 0.3) is 0 Å². The number of nitrogens with zero attached hydrogens (tertiary/aromatic N) is 1. The van der Waals surface area contributed by atoms with E-state index in [-0.39, 0.29) is 0 Å². The van der Waals surface area contributed by atoms with Crippen molar-refractivity contribution in [1.82, 2.24) is 4.90 Å². The van der Waals surface area contributed by atoms with Gasteiger partial charge in [-0.05, 0) is 38.3 Å². The molecule has 1 aliphatic heterocycles. The van der Waals surface area contributed by atoms with Gasteiger partial charge in [-0.25, -0.2) is 0 Å². The maximum atomic E-state index is 5.41. The van der Waals surface area contributed by atoms with Crippen molar-refractivity contribution in [3.63, 3.8) is 0 Å². The molecule has 1 aliphatic rings. The van der Waals surface area contributed by atoms with Crippen LogP contribution in [-0.2, 0) is 0 Å². The van der Waals surface area contributed by atoms with Crippen molar-refractivity contribution >= 4 is 0 Å². The van der Waals surface area contributed by atoms with Crippen LogP contribution in [0.25, 0.3) is 0 Å². The van der Waals surface area contributed by atoms with Crippen molar-refractivity contribution in [3.05, 3.63) is 12.2 Å². The van der Waals surface area contributed by atoms with Gasteiger partial charge in [0.2, 0.25) is 0 Å². The lowest BCUT2D eigenvalue weighted by atomic mass is 9.98. The Morgan fingerprint density at radius 1 is 1.29 bits per heavy atom. The van der Waals surface area contributed by atoms with Crippen LogP contribution < -0.4 is 5.73 Å². The zero-order chi connectivity index (χ0) is 10.2. The van der Waals surface area contributed by atoms with E-state index in [4.69, 9.17) is 5.73 Å². The molecule has 1 unspecified atom stereocenters. The fourth-order valence-electron chi connectivity index (χ4n) is 2.14. The van der Waals surface area contributed by atoms with Gasteiger partial charge in [-0.15, -0.1) is 0 Å². The number of hydrogen-bond donors (Lipinski definition) is 1. The van der Waals surface area contributed by atoms with Crippen molar-refractivity contribution in [1.29, 1.82) is 0 Å². The highest BCUT2D eigenvalue weighted by atomic mass is 15.1. The highest BCUT2D eigenvalue weighted by Crippen LogP contribution is 2.19. The maximum absolute atomic E-state index is 5.41. The molecule has 1 atom stereocenters. The Morgan fingerprint density at radius 3 is 2.86 bits per heavy atom. The van der Waals surface area contributed by atoms with Gasteiger partial charge in [0.15, 0.2) is 0 Å². The van der Waals surface area contributed by atoms with Crippen molar-refractivity contribution in [2.45, 2.75) is 32.6 Å². The third-order valence-corrected chi connectivity index (χ3v) is 3.18. The number of rotatable bonds is 4. The molecular weight excluding hydrogens is 172 g/mol. The summed E-state index contributed by atoms with van der Waals surface area (Å²) in [4.78, 5) is 2.54. The number of nitrogens with two attached hydrogens (primary N) is 1. The highest BCUT2D eigenvalue weighted by Gasteiger charge is 2.14. The van der Waals surface area contributed by atoms with E-state index in [1.807, 2.05) is 0 Å². The first-order valence-electron chi connectivity index (χ1n) is 5.94. The minimum atomic E-state index is 0.672. The molecule has 2 N–H and O–H groups in total. The minimum Gasteiger partial charge on any atom is -0.327 e. The molecule has 0 radical (unpaired) electrons. The van der Waals surface area contributed by atoms with Gasteiger partial charge in [-0.3, -0.25) is 4.90 Å². The van der Waals surface area contributed by atoms with Gasteiger partial charge in [-0.1, -0.05) is 25.5 Å². The third kappa shape index (κ3) is 4.25. The summed E-state index contributed by atoms with van der Waals surface area (Å²) in [5.74, 6) is 0.971. The summed E-state index contributed by atoms with van der Waals surface area (Å²) >= 11 is 0. The molecule has 0 aromatic rings. The first-order chi connectivity index (χ1) is 6.86. The Morgan fingerprint density at radius 2 is 2.14 bits per heavy atom. The number of hydrogen-bond acceptors (Lipinski definition) is 2. The molecule has 0 aliphatic carbocycles. The van der Waals surface area contributed by atoms with Crippen LogP contribution in [0.3, 0.4) is 0 Å². The van der Waals surface area contributed by atoms with E-state index >= 15 is 0 Å². The van der Waals surface area contributed by atoms with Crippen molar-refractivity contribution in [2.75, 3.05) is 26.2 Å². The fourth-order valence-corrected chi connectivity index (χ4v) is 2.14. The molecule has 0 aromatic carbocycles. The summed E-state index contributed by atoms with van der Waals surface area (Å²) < 4.78 is 0. The zero-order valence-electron chi connectivity index (χ0n) is 9.41. The maximum Gasteiger partial charge on any atom is 0.0163 e. The summed E-state index contributed by atoms with van der Waals surface area (Å²) in [6, 6.07) is 0. The molecule has 0 amide bonds. The zero-order valence-corrected chi connectivity index (χ0v) is 9.41. The summed E-state index contributed by atoms with van der Waals surface area (Å²) in [6.07, 6.45) is 9.79. The Balaban J connectivity index is 2.23. The molecule has 1 saturated heterocycles. The van der Waals surface area contributed by atoms with Crippen LogP contribution >= 0.6 is 0 Å². The Bertz CT molecular complexity index is 166. The van der Waals surface area contributed by atoms with Gasteiger partial charge in [-0.2, -0.15) is 0 Å². The fraction of sp³-hybridized carbons (Fsp3) is 0.833. The van der Waals surface area contributed by atoms with Gasteiger partial charge < -0.3 is 5.73 Å². The lowest BCUT2D eigenvalue weighted by Gasteiger charge is -2.17. The van der Waals surface area contributed by atoms with Gasteiger partial charge in [0, 0.05) is 13.1 Å². The van der Waals surface area contributed by atoms with E-state index in [1.165, 1.54) is 38.8 Å². The second-order valence-corrected chi connectivity index (χ2v) is 4.21. The lowest BCUT2D eigenvalue weighted by molar-refractivity contribution is 0.309. The first kappa shape index (κ1) is 11.7. The minimum absolute atomic E-state index is 0.672. The van der Waals surface area contributed by atoms with Gasteiger partial charge >= 0.3 is 0 Å². The SMILES string of the molecule is CCC1CCCN(CC=CCN)CC1. The monoisotopic (exact) mass is 196 g/mol. The largest absolute Gasteiger partial charge is 0.327 e. The second-order valence-electron chi connectivity index (χ2n) is 4.21. The molecule has 1 rings (SSSR count). The van der Waals surface area contributed by atoms with Gasteiger partial charge in [0.05, 0.1) is 0 Å². The van der Waals surface area contributed by atoms with Crippen LogP contribution in [-0.4, -0.2) is 31.1 Å². The van der Waals surface area contributed by atoms with Crippen LogP contribution in [0.4, 0.5) is 0 Å². The number of likely N-dealkylation sites (tertiary alicyclic amines) is 1. The first-order valence-corrected chi connectivity index (χ1v) is 5.94. The van der Waals surface area contributed by atoms with Crippen LogP contribution in [0, 0.1) is 5.92 Å². The lowest BCUT2D eigenvalue weighted by Crippen LogP contribution is -2.25. The van der Waals surface area contributed by atoms with E-state index in [1.54, 1.807) is 0 Å². The van der Waals surface area contributed by atoms with Crippen molar-refractivity contribution in [2.24, 2.45) is 11.7 Å². The van der Waals surface area contributed by atoms with Crippen molar-refractivity contribution < 1.29 is 0 Å². The Labute approximate surface area is 88.2 Å². The van der Waals surface area contributed by atoms with Gasteiger partial charge in [0.1, 0.15) is 0 Å². The smallest absolute Gasteiger partial charge is 0.0163 e. The molecule has 0 bridgehead atoms. The average molecular weight is 196 g/mol. The molecule has 2 heteroatoms. The summed E-state index contributed by atoms with van der Waals surface area (Å²) in [7, 11) is 0. The quantitative estimate of drug-likeness (QED) is 0.697. The topological polar surface area (TPSA) is 29.3 Å². The van der Waals surface area contributed by atoms with Crippen LogP contribution in [0.15, 0.2) is 12.2 Å². The average Bonchev–Trinajstić information content (AvgIpc) is 2.43. The molecular formula is C12H24N2. The molecule has 0 spiro atoms. The summed E-state index contributed by atoms with van der Waals surface area (Å²) in [5.41, 5.74) is 5.41. The highest BCUT2D eigenvalue weighted by molar-refractivity contribution is 4.86. The van der Waals surface area contributed by atoms with E-state index in [2.05, 4.69) is 24.0 Å². The van der Waals surface area contributed by atoms with Crippen LogP contribution in [0.1, 0.15) is 32.6 Å². The molecule has 0 aromatic heterocycles. The van der Waals surface area contributed by atoms with Crippen molar-refractivity contribution in [3.8, 4) is 0 Å². The molecule has 1 heterocycles. The summed E-state index contributed by atoms with van der Waals surface area (Å²) in [5, 5.41) is 0. The Hall–Kier alpha value is -0.340. The van der Waals surface area contributed by atoms with E-state index in [0.29, 0.717) is 6.54 Å². The predicted octanol–water partition coefficient (Wildman–Crippen LogP) is 2.01. The third-order valence-electron chi connectivity index (χ3n) is 3.18. The van der Waals surface area contributed by atoms with E-state index < -0.39 is 0 Å². The molecule has 0 saturated carbocycles. The second kappa shape index (κ2) is 7.02. The predicted molar refractivity (Wildman–Crippen MR) is 62.3 cm³/mol. The summed E-state index contributed by atoms with van der Waals surface area (Å²) in [6.45, 7) is 6.62. The Kier molecular flexibility index (Phi) is 5.88. The molecule has 1 fully saturated rings. The van der Waals surface area contributed by atoms with E-state index in [9.17, 15) is 0 Å².